The molecule has 0 saturated carbocycles. The number of likely N-dealkylation sites (tertiary alicyclic amines) is 1. The van der Waals surface area contributed by atoms with Crippen molar-refractivity contribution in [2.75, 3.05) is 20.1 Å². The average Bonchev–Trinajstić information content (AvgIpc) is 3.20. The summed E-state index contributed by atoms with van der Waals surface area (Å²) in [5, 5.41) is 2.90. The molecule has 152 valence electrons. The van der Waals surface area contributed by atoms with E-state index in [1.807, 2.05) is 0 Å². The van der Waals surface area contributed by atoms with Crippen molar-refractivity contribution in [3.8, 4) is 10.6 Å². The molecule has 3 rings (SSSR count). The molecule has 0 bridgehead atoms. The highest BCUT2D eigenvalue weighted by atomic mass is 35.5. The molecule has 1 saturated heterocycles. The van der Waals surface area contributed by atoms with E-state index < -0.39 is 11.7 Å². The SMILES string of the molecule is Cc1nc(-c2ccc(Cl)c(C(F)(F)F)c2)sc1C(=O)NCCC1CCCN1C. The number of benzene rings is 1. The molecule has 1 aromatic heterocycles. The summed E-state index contributed by atoms with van der Waals surface area (Å²) < 4.78 is 39.2. The second kappa shape index (κ2) is 8.39. The Hall–Kier alpha value is -1.64. The van der Waals surface area contributed by atoms with Crippen molar-refractivity contribution in [1.82, 2.24) is 15.2 Å². The molecule has 1 aromatic carbocycles. The third kappa shape index (κ3) is 4.67. The van der Waals surface area contributed by atoms with Crippen LogP contribution in [0.1, 0.15) is 40.2 Å². The fraction of sp³-hybridized carbons (Fsp3) is 0.474. The van der Waals surface area contributed by atoms with Crippen molar-refractivity contribution >= 4 is 28.8 Å². The minimum atomic E-state index is -4.55. The molecule has 2 aromatic rings. The zero-order chi connectivity index (χ0) is 20.5. The number of thiazole rings is 1. The van der Waals surface area contributed by atoms with E-state index in [-0.39, 0.29) is 16.5 Å². The average molecular weight is 432 g/mol. The van der Waals surface area contributed by atoms with Gasteiger partial charge in [0.05, 0.1) is 16.3 Å². The summed E-state index contributed by atoms with van der Waals surface area (Å²) in [6, 6.07) is 4.13. The van der Waals surface area contributed by atoms with Gasteiger partial charge in [0, 0.05) is 18.2 Å². The van der Waals surface area contributed by atoms with Gasteiger partial charge in [-0.3, -0.25) is 4.79 Å². The van der Waals surface area contributed by atoms with Crippen LogP contribution in [0, 0.1) is 6.92 Å². The fourth-order valence-electron chi connectivity index (χ4n) is 3.38. The summed E-state index contributed by atoms with van der Waals surface area (Å²) in [4.78, 5) is 19.5. The van der Waals surface area contributed by atoms with Crippen molar-refractivity contribution in [2.45, 2.75) is 38.4 Å². The lowest BCUT2D eigenvalue weighted by molar-refractivity contribution is -0.137. The molecule has 0 aliphatic carbocycles. The van der Waals surface area contributed by atoms with E-state index in [1.165, 1.54) is 18.6 Å². The van der Waals surface area contributed by atoms with E-state index >= 15 is 0 Å². The van der Waals surface area contributed by atoms with Crippen LogP contribution in [0.25, 0.3) is 10.6 Å². The fourth-order valence-corrected chi connectivity index (χ4v) is 4.59. The number of carbonyl (C=O) groups is 1. The van der Waals surface area contributed by atoms with Gasteiger partial charge >= 0.3 is 6.18 Å². The number of hydrogen-bond donors (Lipinski definition) is 1. The van der Waals surface area contributed by atoms with Crippen molar-refractivity contribution in [1.29, 1.82) is 0 Å². The molecule has 1 amide bonds. The highest BCUT2D eigenvalue weighted by Crippen LogP contribution is 2.38. The van der Waals surface area contributed by atoms with Crippen LogP contribution in [0.4, 0.5) is 13.2 Å². The van der Waals surface area contributed by atoms with Gasteiger partial charge in [0.1, 0.15) is 9.88 Å². The van der Waals surface area contributed by atoms with Gasteiger partial charge in [-0.1, -0.05) is 17.7 Å². The Morgan fingerprint density at radius 3 is 2.82 bits per heavy atom. The van der Waals surface area contributed by atoms with Gasteiger partial charge in [-0.05, 0) is 51.9 Å². The van der Waals surface area contributed by atoms with Crippen molar-refractivity contribution in [3.63, 3.8) is 0 Å². The number of aromatic nitrogens is 1. The summed E-state index contributed by atoms with van der Waals surface area (Å²) in [7, 11) is 2.08. The molecule has 1 atom stereocenters. The van der Waals surface area contributed by atoms with Crippen LogP contribution in [0.2, 0.25) is 5.02 Å². The monoisotopic (exact) mass is 431 g/mol. The van der Waals surface area contributed by atoms with E-state index in [9.17, 15) is 18.0 Å². The number of halogens is 4. The summed E-state index contributed by atoms with van der Waals surface area (Å²) in [6.45, 7) is 3.32. The van der Waals surface area contributed by atoms with Crippen molar-refractivity contribution in [2.24, 2.45) is 0 Å². The molecule has 1 N–H and O–H groups in total. The number of amides is 1. The molecule has 1 fully saturated rings. The molecule has 1 aliphatic rings. The molecular formula is C19H21ClF3N3OS. The number of aryl methyl sites for hydroxylation is 1. The Kier molecular flexibility index (Phi) is 6.31. The maximum Gasteiger partial charge on any atom is 0.417 e. The molecule has 9 heteroatoms. The second-order valence-electron chi connectivity index (χ2n) is 6.95. The van der Waals surface area contributed by atoms with Crippen LogP contribution in [-0.2, 0) is 6.18 Å². The van der Waals surface area contributed by atoms with E-state index in [4.69, 9.17) is 11.6 Å². The van der Waals surface area contributed by atoms with E-state index in [0.717, 1.165) is 36.8 Å². The maximum atomic E-state index is 13.1. The van der Waals surface area contributed by atoms with Gasteiger partial charge in [0.25, 0.3) is 5.91 Å². The molecule has 28 heavy (non-hydrogen) atoms. The second-order valence-corrected chi connectivity index (χ2v) is 8.35. The first-order chi connectivity index (χ1) is 13.2. The normalized spacial score (nSPS) is 17.9. The van der Waals surface area contributed by atoms with Gasteiger partial charge in [0.2, 0.25) is 0 Å². The smallest absolute Gasteiger partial charge is 0.351 e. The highest BCUT2D eigenvalue weighted by Gasteiger charge is 2.33. The highest BCUT2D eigenvalue weighted by molar-refractivity contribution is 7.17. The van der Waals surface area contributed by atoms with Crippen LogP contribution in [0.3, 0.4) is 0 Å². The Morgan fingerprint density at radius 2 is 2.18 bits per heavy atom. The Bertz CT molecular complexity index is 869. The first kappa shape index (κ1) is 21.1. The van der Waals surface area contributed by atoms with Gasteiger partial charge in [-0.25, -0.2) is 4.98 Å². The number of carbonyl (C=O) groups excluding carboxylic acids is 1. The predicted octanol–water partition coefficient (Wildman–Crippen LogP) is 5.00. The Morgan fingerprint density at radius 1 is 1.43 bits per heavy atom. The quantitative estimate of drug-likeness (QED) is 0.724. The molecule has 0 radical (unpaired) electrons. The number of nitrogens with one attached hydrogen (secondary N) is 1. The lowest BCUT2D eigenvalue weighted by Crippen LogP contribution is -2.31. The van der Waals surface area contributed by atoms with Crippen LogP contribution in [-0.4, -0.2) is 42.0 Å². The number of nitrogens with zero attached hydrogens (tertiary/aromatic N) is 2. The third-order valence-electron chi connectivity index (χ3n) is 4.96. The number of rotatable bonds is 5. The summed E-state index contributed by atoms with van der Waals surface area (Å²) >= 11 is 6.76. The first-order valence-electron chi connectivity index (χ1n) is 9.00. The van der Waals surface area contributed by atoms with Crippen LogP contribution in [0.5, 0.6) is 0 Å². The Balaban J connectivity index is 1.71. The Labute approximate surface area is 170 Å². The van der Waals surface area contributed by atoms with E-state index in [2.05, 4.69) is 22.2 Å². The summed E-state index contributed by atoms with van der Waals surface area (Å²) in [6.07, 6.45) is -1.37. The van der Waals surface area contributed by atoms with Gasteiger partial charge in [-0.15, -0.1) is 11.3 Å². The van der Waals surface area contributed by atoms with Crippen molar-refractivity contribution < 1.29 is 18.0 Å². The molecule has 4 nitrogen and oxygen atoms in total. The molecule has 1 unspecified atom stereocenters. The largest absolute Gasteiger partial charge is 0.417 e. The standard InChI is InChI=1S/C19H21ClF3N3OS/c1-11-16(17(27)24-8-7-13-4-3-9-26(13)2)28-18(25-11)12-5-6-15(20)14(10-12)19(21,22)23/h5-6,10,13H,3-4,7-9H2,1-2H3,(H,24,27). The summed E-state index contributed by atoms with van der Waals surface area (Å²) in [5.74, 6) is -0.244. The molecular weight excluding hydrogens is 411 g/mol. The first-order valence-corrected chi connectivity index (χ1v) is 10.2. The van der Waals surface area contributed by atoms with Crippen LogP contribution in [0.15, 0.2) is 18.2 Å². The van der Waals surface area contributed by atoms with Crippen LogP contribution >= 0.6 is 22.9 Å². The number of hydrogen-bond acceptors (Lipinski definition) is 4. The maximum absolute atomic E-state index is 13.1. The minimum Gasteiger partial charge on any atom is -0.351 e. The lowest BCUT2D eigenvalue weighted by atomic mass is 10.1. The number of alkyl halides is 3. The third-order valence-corrected chi connectivity index (χ3v) is 6.49. The zero-order valence-corrected chi connectivity index (χ0v) is 17.1. The van der Waals surface area contributed by atoms with Gasteiger partial charge < -0.3 is 10.2 Å². The van der Waals surface area contributed by atoms with Gasteiger partial charge in [0.15, 0.2) is 0 Å². The topological polar surface area (TPSA) is 45.2 Å². The van der Waals surface area contributed by atoms with E-state index in [0.29, 0.717) is 28.2 Å². The molecule has 2 heterocycles. The zero-order valence-electron chi connectivity index (χ0n) is 15.6. The minimum absolute atomic E-state index is 0.244. The van der Waals surface area contributed by atoms with Crippen molar-refractivity contribution in [3.05, 3.63) is 39.4 Å². The van der Waals surface area contributed by atoms with Crippen LogP contribution < -0.4 is 5.32 Å². The van der Waals surface area contributed by atoms with Gasteiger partial charge in [-0.2, -0.15) is 13.2 Å². The molecule has 1 aliphatic heterocycles. The lowest BCUT2D eigenvalue weighted by Gasteiger charge is -2.19. The molecule has 0 spiro atoms. The van der Waals surface area contributed by atoms with E-state index in [1.54, 1.807) is 6.92 Å². The predicted molar refractivity (Wildman–Crippen MR) is 105 cm³/mol. The summed E-state index contributed by atoms with van der Waals surface area (Å²) in [5.41, 5.74) is -0.123.